The number of hydrogen-bond acceptors (Lipinski definition) is 1. The molecule has 0 aliphatic rings. The first-order chi connectivity index (χ1) is 19.3. The number of nitrogens with one attached hydrogen (secondary N) is 1. The van der Waals surface area contributed by atoms with Crippen LogP contribution in [0.2, 0.25) is 0 Å². The molecule has 0 amide bonds. The number of hydrogen-bond donors (Lipinski definition) is 1. The predicted molar refractivity (Wildman–Crippen MR) is 190 cm³/mol. The topological polar surface area (TPSA) is 12.0 Å². The molecule has 3 aromatic carbocycles. The van der Waals surface area contributed by atoms with E-state index in [9.17, 15) is 8.78 Å². The van der Waals surface area contributed by atoms with Gasteiger partial charge in [0, 0.05) is 18.3 Å². The second kappa shape index (κ2) is 20.8. The van der Waals surface area contributed by atoms with Crippen LogP contribution in [-0.2, 0) is 0 Å². The van der Waals surface area contributed by atoms with Crippen molar-refractivity contribution in [3.8, 4) is 0 Å². The van der Waals surface area contributed by atoms with Crippen molar-refractivity contribution in [3.63, 3.8) is 0 Å². The Morgan fingerprint density at radius 3 is 2.00 bits per heavy atom. The highest BCUT2D eigenvalue weighted by molar-refractivity contribution is 5.93. The highest BCUT2D eigenvalue weighted by Gasteiger charge is 2.22. The van der Waals surface area contributed by atoms with Crippen molar-refractivity contribution >= 4 is 28.6 Å². The predicted octanol–water partition coefficient (Wildman–Crippen LogP) is 13.1. The molecule has 42 heavy (non-hydrogen) atoms. The molecular formula is C39H53F2N. The molecule has 0 aliphatic carbocycles. The van der Waals surface area contributed by atoms with Crippen molar-refractivity contribution in [1.82, 2.24) is 0 Å². The van der Waals surface area contributed by atoms with Crippen LogP contribution in [-0.4, -0.2) is 5.92 Å². The van der Waals surface area contributed by atoms with Gasteiger partial charge in [0.2, 0.25) is 0 Å². The third-order valence-corrected chi connectivity index (χ3v) is 5.98. The Balaban J connectivity index is 0. The maximum atomic E-state index is 12.5. The zero-order valence-electron chi connectivity index (χ0n) is 26.5. The standard InChI is InChI=1S/C16H16.C10H14F2.C10H13N.C2H6.CH4/c1-4-6-15-12(3)7-9-14-11-13(5-2)8-10-16(14)15;1-5-8(2)6-7-9(3)10(4,11)12;1-8(2)11-10-7-5-4-6-9(10)3;1-2;/h4-11H,2H2,1,3H3;5-7H,1H2,2-4H3;4-7,11H,1H2,2-3H3;1-2H3;1H4/b6-4-;8-6-,9-7+;;;. The molecule has 3 rings (SSSR count). The van der Waals surface area contributed by atoms with Crippen molar-refractivity contribution in [1.29, 1.82) is 0 Å². The summed E-state index contributed by atoms with van der Waals surface area (Å²) in [6, 6.07) is 19.0. The molecule has 3 aromatic rings. The SMILES string of the molecule is C.C=C(C)Nc1ccccc1C.C=C/C(C)=C\C=C(/C)C(C)(F)F.C=Cc1ccc2c(/C=C\C)c(C)ccc2c1.CC. The largest absolute Gasteiger partial charge is 0.360 e. The summed E-state index contributed by atoms with van der Waals surface area (Å²) in [4.78, 5) is 0. The normalized spacial score (nSPS) is 11.0. The third-order valence-electron chi connectivity index (χ3n) is 5.98. The number of para-hydroxylation sites is 1. The average Bonchev–Trinajstić information content (AvgIpc) is 2.95. The molecule has 228 valence electrons. The van der Waals surface area contributed by atoms with Gasteiger partial charge in [0.15, 0.2) is 0 Å². The molecule has 0 saturated carbocycles. The Bertz CT molecular complexity index is 1360. The van der Waals surface area contributed by atoms with Crippen molar-refractivity contribution < 1.29 is 8.78 Å². The first-order valence-electron chi connectivity index (χ1n) is 14.0. The van der Waals surface area contributed by atoms with E-state index in [1.54, 1.807) is 12.2 Å². The lowest BCUT2D eigenvalue weighted by atomic mass is 9.98. The van der Waals surface area contributed by atoms with E-state index in [0.717, 1.165) is 23.9 Å². The maximum Gasteiger partial charge on any atom is 0.266 e. The Hall–Kier alpha value is -3.98. The van der Waals surface area contributed by atoms with Crippen molar-refractivity contribution in [2.75, 3.05) is 5.32 Å². The van der Waals surface area contributed by atoms with E-state index in [2.05, 4.69) is 94.4 Å². The van der Waals surface area contributed by atoms with Gasteiger partial charge in [-0.05, 0) is 92.3 Å². The molecule has 0 spiro atoms. The van der Waals surface area contributed by atoms with Gasteiger partial charge in [-0.2, -0.15) is 0 Å². The van der Waals surface area contributed by atoms with Gasteiger partial charge in [0.25, 0.3) is 5.92 Å². The molecule has 1 nitrogen and oxygen atoms in total. The molecule has 1 N–H and O–H groups in total. The van der Waals surface area contributed by atoms with Crippen LogP contribution in [0.4, 0.5) is 14.5 Å². The van der Waals surface area contributed by atoms with Crippen LogP contribution < -0.4 is 5.32 Å². The number of aryl methyl sites for hydroxylation is 2. The fourth-order valence-corrected chi connectivity index (χ4v) is 3.41. The van der Waals surface area contributed by atoms with Gasteiger partial charge in [-0.1, -0.05) is 126 Å². The van der Waals surface area contributed by atoms with E-state index in [-0.39, 0.29) is 13.0 Å². The van der Waals surface area contributed by atoms with Gasteiger partial charge in [-0.15, -0.1) is 0 Å². The summed E-state index contributed by atoms with van der Waals surface area (Å²) in [5.41, 5.74) is 8.09. The zero-order chi connectivity index (χ0) is 31.6. The van der Waals surface area contributed by atoms with Crippen molar-refractivity contribution in [2.45, 2.75) is 75.7 Å². The molecule has 0 aliphatic heterocycles. The lowest BCUT2D eigenvalue weighted by molar-refractivity contribution is 0.0635. The van der Waals surface area contributed by atoms with E-state index < -0.39 is 5.92 Å². The summed E-state index contributed by atoms with van der Waals surface area (Å²) in [6.45, 7) is 27.4. The lowest BCUT2D eigenvalue weighted by Gasteiger charge is -2.09. The second-order valence-corrected chi connectivity index (χ2v) is 9.55. The van der Waals surface area contributed by atoms with Crippen molar-refractivity contribution in [3.05, 3.63) is 138 Å². The zero-order valence-corrected chi connectivity index (χ0v) is 26.5. The van der Waals surface area contributed by atoms with Gasteiger partial charge in [0.05, 0.1) is 0 Å². The van der Waals surface area contributed by atoms with E-state index in [4.69, 9.17) is 0 Å². The number of halogens is 2. The Labute approximate surface area is 255 Å². The smallest absolute Gasteiger partial charge is 0.266 e. The summed E-state index contributed by atoms with van der Waals surface area (Å²) >= 11 is 0. The highest BCUT2D eigenvalue weighted by atomic mass is 19.3. The van der Waals surface area contributed by atoms with Gasteiger partial charge in [0.1, 0.15) is 0 Å². The first-order valence-corrected chi connectivity index (χ1v) is 14.0. The van der Waals surface area contributed by atoms with E-state index in [1.807, 2.05) is 52.0 Å². The molecule has 0 fully saturated rings. The summed E-state index contributed by atoms with van der Waals surface area (Å²) in [6.07, 6.45) is 10.8. The number of fused-ring (bicyclic) bond motifs is 1. The molecule has 0 heterocycles. The number of benzene rings is 3. The third kappa shape index (κ3) is 14.6. The molecule has 0 aromatic heterocycles. The average molecular weight is 574 g/mol. The fourth-order valence-electron chi connectivity index (χ4n) is 3.41. The van der Waals surface area contributed by atoms with Crippen LogP contribution >= 0.6 is 0 Å². The monoisotopic (exact) mass is 573 g/mol. The molecule has 0 bridgehead atoms. The van der Waals surface area contributed by atoms with Gasteiger partial charge < -0.3 is 5.32 Å². The Kier molecular flexibility index (Phi) is 19.9. The Morgan fingerprint density at radius 1 is 0.881 bits per heavy atom. The van der Waals surface area contributed by atoms with Gasteiger partial charge >= 0.3 is 0 Å². The van der Waals surface area contributed by atoms with E-state index >= 15 is 0 Å². The minimum atomic E-state index is -2.72. The second-order valence-electron chi connectivity index (χ2n) is 9.55. The summed E-state index contributed by atoms with van der Waals surface area (Å²) in [7, 11) is 0. The van der Waals surface area contributed by atoms with Crippen LogP contribution in [0.1, 0.15) is 78.1 Å². The number of alkyl halides is 2. The molecule has 0 unspecified atom stereocenters. The minimum absolute atomic E-state index is 0. The molecule has 0 radical (unpaired) electrons. The lowest BCUT2D eigenvalue weighted by Crippen LogP contribution is -2.10. The van der Waals surface area contributed by atoms with Gasteiger partial charge in [-0.25, -0.2) is 8.78 Å². The van der Waals surface area contributed by atoms with Crippen LogP contribution in [0, 0.1) is 13.8 Å². The first kappa shape index (κ1) is 40.2. The quantitative estimate of drug-likeness (QED) is 0.277. The van der Waals surface area contributed by atoms with Crippen LogP contribution in [0.15, 0.2) is 115 Å². The number of allylic oxidation sites excluding steroid dienone is 7. The summed E-state index contributed by atoms with van der Waals surface area (Å²) < 4.78 is 25.1. The van der Waals surface area contributed by atoms with E-state index in [0.29, 0.717) is 0 Å². The molecular weight excluding hydrogens is 520 g/mol. The van der Waals surface area contributed by atoms with Crippen molar-refractivity contribution in [2.24, 2.45) is 0 Å². The molecule has 3 heteroatoms. The fraction of sp³-hybridized carbons (Fsp3) is 0.282. The maximum absolute atomic E-state index is 12.5. The minimum Gasteiger partial charge on any atom is -0.360 e. The number of anilines is 1. The van der Waals surface area contributed by atoms with Gasteiger partial charge in [-0.3, -0.25) is 0 Å². The van der Waals surface area contributed by atoms with Crippen LogP contribution in [0.25, 0.3) is 22.9 Å². The highest BCUT2D eigenvalue weighted by Crippen LogP contribution is 2.25. The molecule has 0 saturated heterocycles. The Morgan fingerprint density at radius 2 is 1.50 bits per heavy atom. The van der Waals surface area contributed by atoms with Crippen LogP contribution in [0.3, 0.4) is 0 Å². The molecule has 0 atom stereocenters. The summed E-state index contributed by atoms with van der Waals surface area (Å²) in [5, 5.41) is 5.76. The number of rotatable bonds is 7. The summed E-state index contributed by atoms with van der Waals surface area (Å²) in [5.74, 6) is -2.72. The van der Waals surface area contributed by atoms with E-state index in [1.165, 1.54) is 46.0 Å². The van der Waals surface area contributed by atoms with Crippen LogP contribution in [0.5, 0.6) is 0 Å².